The zero-order valence-corrected chi connectivity index (χ0v) is 14.8. The number of anilines is 1. The summed E-state index contributed by atoms with van der Waals surface area (Å²) in [5.74, 6) is -3.88. The number of ether oxygens (including phenoxy) is 2. The Kier molecular flexibility index (Phi) is 5.67. The molecule has 1 aromatic carbocycles. The monoisotopic (exact) mass is 435 g/mol. The maximum atomic E-state index is 14.1. The second-order valence-electron chi connectivity index (χ2n) is 5.68. The van der Waals surface area contributed by atoms with Crippen molar-refractivity contribution in [2.75, 3.05) is 12.4 Å². The van der Waals surface area contributed by atoms with E-state index in [2.05, 4.69) is 29.9 Å². The van der Waals surface area contributed by atoms with Crippen LogP contribution in [-0.4, -0.2) is 39.0 Å². The van der Waals surface area contributed by atoms with Gasteiger partial charge in [0.2, 0.25) is 0 Å². The van der Waals surface area contributed by atoms with Crippen LogP contribution in [0, 0.1) is 5.82 Å². The highest BCUT2D eigenvalue weighted by molar-refractivity contribution is 5.81. The van der Waals surface area contributed by atoms with Crippen molar-refractivity contribution in [3.05, 3.63) is 47.7 Å². The first-order valence-electron chi connectivity index (χ1n) is 7.97. The zero-order valence-electron chi connectivity index (χ0n) is 14.8. The summed E-state index contributed by atoms with van der Waals surface area (Å²) < 4.78 is 86.4. The molecule has 0 saturated carbocycles. The lowest BCUT2D eigenvalue weighted by Crippen LogP contribution is -2.24. The third kappa shape index (κ3) is 4.52. The Morgan fingerprint density at radius 3 is 2.57 bits per heavy atom. The van der Waals surface area contributed by atoms with E-state index in [9.17, 15) is 31.1 Å². The molecule has 0 aliphatic heterocycles. The number of rotatable bonds is 6. The van der Waals surface area contributed by atoms with Crippen molar-refractivity contribution in [3.8, 4) is 5.75 Å². The fourth-order valence-electron chi connectivity index (χ4n) is 2.49. The summed E-state index contributed by atoms with van der Waals surface area (Å²) >= 11 is 0. The molecule has 0 saturated heterocycles. The lowest BCUT2D eigenvalue weighted by atomic mass is 10.1. The van der Waals surface area contributed by atoms with Crippen molar-refractivity contribution < 1.29 is 40.6 Å². The Hall–Kier alpha value is -3.58. The highest BCUT2D eigenvalue weighted by Crippen LogP contribution is 2.30. The topological polar surface area (TPSA) is 90.6 Å². The number of aromatic nitrogens is 4. The molecule has 0 amide bonds. The van der Waals surface area contributed by atoms with Crippen molar-refractivity contribution >= 4 is 17.6 Å². The van der Waals surface area contributed by atoms with Gasteiger partial charge in [-0.15, -0.1) is 13.2 Å². The number of carbonyl (C=O) groups excluding carboxylic acids is 1. The van der Waals surface area contributed by atoms with Crippen molar-refractivity contribution in [1.82, 2.24) is 19.6 Å². The standard InChI is InChI=1S/C16H11F6N5O3/c1-29-14(28)12(7-2-3-10(8(17)4-7)30-16(20,21)22)26-11-5-9(13(18)19)25-15-23-6-24-27(11)15/h2-6,12-13,26H,1H3. The molecule has 0 aliphatic carbocycles. The first kappa shape index (κ1) is 21.1. The van der Waals surface area contributed by atoms with Gasteiger partial charge in [-0.05, 0) is 17.7 Å². The normalized spacial score (nSPS) is 12.8. The number of methoxy groups -OCH3 is 1. The Bertz CT molecular complexity index is 1070. The lowest BCUT2D eigenvalue weighted by molar-refractivity contribution is -0.275. The van der Waals surface area contributed by atoms with Gasteiger partial charge in [-0.3, -0.25) is 0 Å². The fraction of sp³-hybridized carbons (Fsp3) is 0.250. The minimum Gasteiger partial charge on any atom is -0.467 e. The number of alkyl halides is 5. The van der Waals surface area contributed by atoms with Crippen LogP contribution in [0.3, 0.4) is 0 Å². The van der Waals surface area contributed by atoms with Gasteiger partial charge in [0.1, 0.15) is 17.8 Å². The molecule has 0 spiro atoms. The van der Waals surface area contributed by atoms with Crippen LogP contribution in [0.25, 0.3) is 5.78 Å². The molecule has 1 atom stereocenters. The molecular formula is C16H11F6N5O3. The Balaban J connectivity index is 2.01. The van der Waals surface area contributed by atoms with Gasteiger partial charge in [0.05, 0.1) is 7.11 Å². The van der Waals surface area contributed by atoms with E-state index in [4.69, 9.17) is 0 Å². The second kappa shape index (κ2) is 8.04. The van der Waals surface area contributed by atoms with Gasteiger partial charge in [-0.2, -0.15) is 14.6 Å². The van der Waals surface area contributed by atoms with Gasteiger partial charge >= 0.3 is 12.3 Å². The molecule has 1 unspecified atom stereocenters. The molecule has 14 heteroatoms. The van der Waals surface area contributed by atoms with E-state index in [1.165, 1.54) is 0 Å². The molecule has 0 bridgehead atoms. The van der Waals surface area contributed by atoms with Crippen LogP contribution < -0.4 is 10.1 Å². The van der Waals surface area contributed by atoms with Crippen LogP contribution in [0.15, 0.2) is 30.6 Å². The van der Waals surface area contributed by atoms with Crippen LogP contribution >= 0.6 is 0 Å². The van der Waals surface area contributed by atoms with Crippen molar-refractivity contribution in [2.24, 2.45) is 0 Å². The Labute approximate surface area is 163 Å². The van der Waals surface area contributed by atoms with Crippen LogP contribution in [0.1, 0.15) is 23.7 Å². The molecular weight excluding hydrogens is 424 g/mol. The average molecular weight is 435 g/mol. The van der Waals surface area contributed by atoms with Gasteiger partial charge in [-0.25, -0.2) is 22.9 Å². The summed E-state index contributed by atoms with van der Waals surface area (Å²) in [5.41, 5.74) is -0.848. The van der Waals surface area contributed by atoms with E-state index in [1.54, 1.807) is 0 Å². The minimum absolute atomic E-state index is 0.167. The van der Waals surface area contributed by atoms with Crippen LogP contribution in [0.4, 0.5) is 32.2 Å². The largest absolute Gasteiger partial charge is 0.573 e. The SMILES string of the molecule is COC(=O)C(Nc1cc(C(F)F)nc2ncnn12)c1ccc(OC(F)(F)F)c(F)c1. The van der Waals surface area contributed by atoms with Gasteiger partial charge in [0.15, 0.2) is 17.6 Å². The molecule has 0 fully saturated rings. The fourth-order valence-corrected chi connectivity index (χ4v) is 2.49. The molecule has 2 aromatic heterocycles. The molecule has 3 aromatic rings. The third-order valence-corrected chi connectivity index (χ3v) is 3.74. The summed E-state index contributed by atoms with van der Waals surface area (Å²) in [5, 5.41) is 6.34. The lowest BCUT2D eigenvalue weighted by Gasteiger charge is -2.19. The average Bonchev–Trinajstić information content (AvgIpc) is 3.14. The quantitative estimate of drug-likeness (QED) is 0.469. The highest BCUT2D eigenvalue weighted by atomic mass is 19.4. The van der Waals surface area contributed by atoms with Crippen LogP contribution in [0.2, 0.25) is 0 Å². The zero-order chi connectivity index (χ0) is 22.1. The Morgan fingerprint density at radius 1 is 1.23 bits per heavy atom. The molecule has 1 N–H and O–H groups in total. The summed E-state index contributed by atoms with van der Waals surface area (Å²) in [6.07, 6.45) is -7.07. The third-order valence-electron chi connectivity index (χ3n) is 3.74. The van der Waals surface area contributed by atoms with Gasteiger partial charge in [0.25, 0.3) is 12.2 Å². The summed E-state index contributed by atoms with van der Waals surface area (Å²) in [6.45, 7) is 0. The number of nitrogens with one attached hydrogen (secondary N) is 1. The van der Waals surface area contributed by atoms with Gasteiger partial charge in [0, 0.05) is 6.07 Å². The van der Waals surface area contributed by atoms with Crippen LogP contribution in [-0.2, 0) is 9.53 Å². The van der Waals surface area contributed by atoms with E-state index >= 15 is 0 Å². The van der Waals surface area contributed by atoms with E-state index in [-0.39, 0.29) is 17.2 Å². The first-order valence-corrected chi connectivity index (χ1v) is 7.97. The predicted octanol–water partition coefficient (Wildman–Crippen LogP) is 3.43. The number of nitrogens with zero attached hydrogens (tertiary/aromatic N) is 4. The smallest absolute Gasteiger partial charge is 0.467 e. The highest BCUT2D eigenvalue weighted by Gasteiger charge is 2.33. The molecule has 2 heterocycles. The number of esters is 1. The predicted molar refractivity (Wildman–Crippen MR) is 87.2 cm³/mol. The molecule has 8 nitrogen and oxygen atoms in total. The number of carbonyl (C=O) groups is 1. The van der Waals surface area contributed by atoms with E-state index in [0.717, 1.165) is 30.1 Å². The van der Waals surface area contributed by atoms with Gasteiger partial charge in [-0.1, -0.05) is 6.07 Å². The number of benzene rings is 1. The first-order chi connectivity index (χ1) is 14.1. The Morgan fingerprint density at radius 2 is 1.97 bits per heavy atom. The van der Waals surface area contributed by atoms with Crippen molar-refractivity contribution in [3.63, 3.8) is 0 Å². The summed E-state index contributed by atoms with van der Waals surface area (Å²) in [6, 6.07) is 1.65. The molecule has 0 aliphatic rings. The molecule has 30 heavy (non-hydrogen) atoms. The molecule has 0 radical (unpaired) electrons. The van der Waals surface area contributed by atoms with Crippen molar-refractivity contribution in [1.29, 1.82) is 0 Å². The molecule has 160 valence electrons. The van der Waals surface area contributed by atoms with E-state index < -0.39 is 42.1 Å². The summed E-state index contributed by atoms with van der Waals surface area (Å²) in [4.78, 5) is 19.5. The molecule has 3 rings (SSSR count). The van der Waals surface area contributed by atoms with E-state index in [0.29, 0.717) is 12.1 Å². The number of fused-ring (bicyclic) bond motifs is 1. The van der Waals surface area contributed by atoms with Crippen molar-refractivity contribution in [2.45, 2.75) is 18.8 Å². The number of halogens is 6. The number of hydrogen-bond donors (Lipinski definition) is 1. The second-order valence-corrected chi connectivity index (χ2v) is 5.68. The number of hydrogen-bond acceptors (Lipinski definition) is 7. The maximum Gasteiger partial charge on any atom is 0.573 e. The van der Waals surface area contributed by atoms with Gasteiger partial charge < -0.3 is 14.8 Å². The summed E-state index contributed by atoms with van der Waals surface area (Å²) in [7, 11) is 1.01. The minimum atomic E-state index is -5.12. The van der Waals surface area contributed by atoms with E-state index in [1.807, 2.05) is 0 Å². The maximum absolute atomic E-state index is 14.1. The van der Waals surface area contributed by atoms with Crippen LogP contribution in [0.5, 0.6) is 5.75 Å².